The molecule has 0 radical (unpaired) electrons. The third-order valence-corrected chi connectivity index (χ3v) is 1.94. The van der Waals surface area contributed by atoms with Crippen molar-refractivity contribution in [3.63, 3.8) is 0 Å². The number of hydrogen-bond acceptors (Lipinski definition) is 4. The predicted octanol–water partition coefficient (Wildman–Crippen LogP) is 0.918. The molecule has 0 aromatic heterocycles. The summed E-state index contributed by atoms with van der Waals surface area (Å²) < 4.78 is 9.24. The number of benzene rings is 1. The average molecular weight is 234 g/mol. The first-order chi connectivity index (χ1) is 8.08. The minimum Gasteiger partial charge on any atom is -0.497 e. The van der Waals surface area contributed by atoms with E-state index < -0.39 is 11.9 Å². The molecular formula is C12H10O5. The zero-order valence-electron chi connectivity index (χ0n) is 9.31. The number of carbonyl (C=O) groups excluding carboxylic acids is 1. The fourth-order valence-corrected chi connectivity index (χ4v) is 1.11. The lowest BCUT2D eigenvalue weighted by molar-refractivity contribution is -0.133. The van der Waals surface area contributed by atoms with Gasteiger partial charge in [0.1, 0.15) is 5.75 Å². The van der Waals surface area contributed by atoms with E-state index >= 15 is 0 Å². The van der Waals surface area contributed by atoms with Crippen molar-refractivity contribution in [2.75, 3.05) is 14.2 Å². The molecule has 0 amide bonds. The Morgan fingerprint density at radius 1 is 1.29 bits per heavy atom. The van der Waals surface area contributed by atoms with Crippen LogP contribution in [0.25, 0.3) is 0 Å². The summed E-state index contributed by atoms with van der Waals surface area (Å²) in [5, 5.41) is 8.97. The first-order valence-corrected chi connectivity index (χ1v) is 4.59. The highest BCUT2D eigenvalue weighted by Gasteiger charge is 2.10. The minimum absolute atomic E-state index is 0.0271. The number of ether oxygens (including phenoxy) is 2. The summed E-state index contributed by atoms with van der Waals surface area (Å²) >= 11 is 0. The van der Waals surface area contributed by atoms with Gasteiger partial charge in [0, 0.05) is 11.5 Å². The Morgan fingerprint density at radius 3 is 2.53 bits per heavy atom. The van der Waals surface area contributed by atoms with Crippen molar-refractivity contribution in [2.45, 2.75) is 0 Å². The van der Waals surface area contributed by atoms with Gasteiger partial charge in [-0.3, -0.25) is 0 Å². The first kappa shape index (κ1) is 12.6. The second kappa shape index (κ2) is 5.56. The van der Waals surface area contributed by atoms with Gasteiger partial charge in [-0.1, -0.05) is 5.92 Å². The van der Waals surface area contributed by atoms with Crippen molar-refractivity contribution in [2.24, 2.45) is 0 Å². The van der Waals surface area contributed by atoms with Gasteiger partial charge < -0.3 is 14.6 Å². The van der Waals surface area contributed by atoms with E-state index in [1.54, 1.807) is 6.07 Å². The number of aromatic carboxylic acids is 1. The summed E-state index contributed by atoms with van der Waals surface area (Å²) in [6, 6.07) is 4.37. The van der Waals surface area contributed by atoms with Crippen LogP contribution >= 0.6 is 0 Å². The fraction of sp³-hybridized carbons (Fsp3) is 0.167. The molecule has 0 aliphatic heterocycles. The summed E-state index contributed by atoms with van der Waals surface area (Å²) in [4.78, 5) is 21.8. The van der Waals surface area contributed by atoms with Gasteiger partial charge in [0.05, 0.1) is 19.8 Å². The molecule has 88 valence electrons. The lowest BCUT2D eigenvalue weighted by Gasteiger charge is -2.03. The second-order valence-corrected chi connectivity index (χ2v) is 2.96. The van der Waals surface area contributed by atoms with Gasteiger partial charge in [-0.15, -0.1) is 0 Å². The molecule has 0 unspecified atom stereocenters. The van der Waals surface area contributed by atoms with Crippen LogP contribution in [-0.4, -0.2) is 31.3 Å². The van der Waals surface area contributed by atoms with Crippen molar-refractivity contribution in [1.82, 2.24) is 0 Å². The van der Waals surface area contributed by atoms with Crippen molar-refractivity contribution in [3.8, 4) is 17.6 Å². The zero-order valence-corrected chi connectivity index (χ0v) is 9.31. The van der Waals surface area contributed by atoms with Crippen LogP contribution in [0, 0.1) is 11.8 Å². The summed E-state index contributed by atoms with van der Waals surface area (Å²) in [6.07, 6.45) is 0. The monoisotopic (exact) mass is 234 g/mol. The Balaban J connectivity index is 3.18. The Labute approximate surface area is 98.0 Å². The summed E-state index contributed by atoms with van der Waals surface area (Å²) in [6.45, 7) is 0. The van der Waals surface area contributed by atoms with Crippen LogP contribution in [0.3, 0.4) is 0 Å². The molecule has 17 heavy (non-hydrogen) atoms. The molecule has 0 bridgehead atoms. The van der Waals surface area contributed by atoms with Crippen LogP contribution in [0.4, 0.5) is 0 Å². The quantitative estimate of drug-likeness (QED) is 0.608. The number of methoxy groups -OCH3 is 2. The maximum absolute atomic E-state index is 11.0. The maximum atomic E-state index is 11.0. The molecule has 1 aromatic carbocycles. The normalized spacial score (nSPS) is 8.82. The molecule has 5 heteroatoms. The Hall–Kier alpha value is -2.48. The van der Waals surface area contributed by atoms with E-state index in [0.717, 1.165) is 0 Å². The molecule has 0 atom stereocenters. The standard InChI is InChI=1S/C12H10O5/c1-16-9-5-3-8(4-6-11(13)17-2)10(7-9)12(14)15/h3,5,7H,1-2H3,(H,14,15). The van der Waals surface area contributed by atoms with Crippen molar-refractivity contribution in [3.05, 3.63) is 29.3 Å². The predicted molar refractivity (Wildman–Crippen MR) is 58.8 cm³/mol. The molecule has 0 heterocycles. The number of hydrogen-bond donors (Lipinski definition) is 1. The molecule has 0 saturated heterocycles. The smallest absolute Gasteiger partial charge is 0.384 e. The van der Waals surface area contributed by atoms with E-state index in [1.807, 2.05) is 0 Å². The van der Waals surface area contributed by atoms with Gasteiger partial charge in [0.25, 0.3) is 0 Å². The van der Waals surface area contributed by atoms with Crippen LogP contribution in [-0.2, 0) is 9.53 Å². The average Bonchev–Trinajstić information content (AvgIpc) is 2.35. The third kappa shape index (κ3) is 3.24. The van der Waals surface area contributed by atoms with Gasteiger partial charge >= 0.3 is 11.9 Å². The van der Waals surface area contributed by atoms with Gasteiger partial charge in [-0.05, 0) is 18.2 Å². The Bertz CT molecular complexity index is 507. The van der Waals surface area contributed by atoms with Crippen LogP contribution in [0.1, 0.15) is 15.9 Å². The summed E-state index contributed by atoms with van der Waals surface area (Å²) in [7, 11) is 2.63. The van der Waals surface area contributed by atoms with Crippen LogP contribution in [0.15, 0.2) is 18.2 Å². The molecule has 5 nitrogen and oxygen atoms in total. The molecule has 0 spiro atoms. The summed E-state index contributed by atoms with van der Waals surface area (Å²) in [5.41, 5.74) is 0.199. The van der Waals surface area contributed by atoms with Gasteiger partial charge in [0.2, 0.25) is 0 Å². The molecular weight excluding hydrogens is 224 g/mol. The van der Waals surface area contributed by atoms with Gasteiger partial charge in [-0.2, -0.15) is 0 Å². The van der Waals surface area contributed by atoms with E-state index in [9.17, 15) is 9.59 Å². The Kier molecular flexibility index (Phi) is 4.12. The highest BCUT2D eigenvalue weighted by molar-refractivity contribution is 5.93. The molecule has 1 rings (SSSR count). The summed E-state index contributed by atoms with van der Waals surface area (Å²) in [5.74, 6) is 3.14. The van der Waals surface area contributed by atoms with Gasteiger partial charge in [-0.25, -0.2) is 9.59 Å². The zero-order chi connectivity index (χ0) is 12.8. The van der Waals surface area contributed by atoms with Gasteiger partial charge in [0.15, 0.2) is 0 Å². The minimum atomic E-state index is -1.14. The number of rotatable bonds is 2. The number of carboxylic acids is 1. The lowest BCUT2D eigenvalue weighted by Crippen LogP contribution is -2.01. The largest absolute Gasteiger partial charge is 0.497 e. The lowest BCUT2D eigenvalue weighted by atomic mass is 10.1. The fourth-order valence-electron chi connectivity index (χ4n) is 1.11. The number of carboxylic acid groups (broad SMARTS) is 1. The van der Waals surface area contributed by atoms with E-state index in [1.165, 1.54) is 26.4 Å². The molecule has 0 saturated carbocycles. The highest BCUT2D eigenvalue weighted by Crippen LogP contribution is 2.17. The maximum Gasteiger partial charge on any atom is 0.384 e. The highest BCUT2D eigenvalue weighted by atomic mass is 16.5. The molecule has 0 aliphatic rings. The molecule has 0 aliphatic carbocycles. The SMILES string of the molecule is COC(=O)C#Cc1ccc(OC)cc1C(=O)O. The van der Waals surface area contributed by atoms with Crippen LogP contribution in [0.5, 0.6) is 5.75 Å². The van der Waals surface area contributed by atoms with E-state index in [2.05, 4.69) is 16.6 Å². The Morgan fingerprint density at radius 2 is 2.00 bits per heavy atom. The molecule has 1 N–H and O–H groups in total. The van der Waals surface area contributed by atoms with E-state index in [-0.39, 0.29) is 11.1 Å². The number of carbonyl (C=O) groups is 2. The number of esters is 1. The van der Waals surface area contributed by atoms with Crippen LogP contribution in [0.2, 0.25) is 0 Å². The van der Waals surface area contributed by atoms with Crippen LogP contribution < -0.4 is 4.74 Å². The van der Waals surface area contributed by atoms with Crippen molar-refractivity contribution >= 4 is 11.9 Å². The van der Waals surface area contributed by atoms with E-state index in [4.69, 9.17) is 9.84 Å². The third-order valence-electron chi connectivity index (χ3n) is 1.94. The van der Waals surface area contributed by atoms with E-state index in [0.29, 0.717) is 5.75 Å². The topological polar surface area (TPSA) is 72.8 Å². The van der Waals surface area contributed by atoms with Crippen molar-refractivity contribution < 1.29 is 24.2 Å². The second-order valence-electron chi connectivity index (χ2n) is 2.96. The molecule has 1 aromatic rings. The first-order valence-electron chi connectivity index (χ1n) is 4.59. The molecule has 0 fully saturated rings. The van der Waals surface area contributed by atoms with Crippen molar-refractivity contribution in [1.29, 1.82) is 0 Å².